The second-order valence-corrected chi connectivity index (χ2v) is 20.0. The molecule has 4 rings (SSSR count). The molecule has 0 N–H and O–H groups in total. The van der Waals surface area contributed by atoms with E-state index in [1.54, 1.807) is 16.7 Å². The van der Waals surface area contributed by atoms with Gasteiger partial charge in [-0.15, -0.1) is 24.8 Å². The maximum absolute atomic E-state index is 2.87. The van der Waals surface area contributed by atoms with Crippen LogP contribution in [0.25, 0.3) is 0 Å². The molecule has 0 saturated heterocycles. The summed E-state index contributed by atoms with van der Waals surface area (Å²) in [5.41, 5.74) is 8.31. The van der Waals surface area contributed by atoms with E-state index in [0.717, 1.165) is 0 Å². The van der Waals surface area contributed by atoms with Gasteiger partial charge < -0.3 is 0 Å². The van der Waals surface area contributed by atoms with Crippen LogP contribution in [0.5, 0.6) is 0 Å². The van der Waals surface area contributed by atoms with Crippen LogP contribution >= 0.6 is 24.8 Å². The van der Waals surface area contributed by atoms with E-state index in [1.165, 1.54) is 37.7 Å². The Bertz CT molecular complexity index is 958. The molecule has 0 bridgehead atoms. The van der Waals surface area contributed by atoms with Crippen molar-refractivity contribution in [1.82, 2.24) is 0 Å². The van der Waals surface area contributed by atoms with Gasteiger partial charge in [0.2, 0.25) is 0 Å². The zero-order valence-electron chi connectivity index (χ0n) is 19.8. The topological polar surface area (TPSA) is 0 Å². The number of hydrogen-bond donors (Lipinski definition) is 0. The third kappa shape index (κ3) is 5.21. The Morgan fingerprint density at radius 1 is 0.935 bits per heavy atom. The Kier molecular flexibility index (Phi) is 9.57. The van der Waals surface area contributed by atoms with Gasteiger partial charge in [-0.3, -0.25) is 0 Å². The molecule has 1 aromatic rings. The Morgan fingerprint density at radius 3 is 2.26 bits per heavy atom. The van der Waals surface area contributed by atoms with E-state index in [9.17, 15) is 0 Å². The van der Waals surface area contributed by atoms with Gasteiger partial charge in [-0.25, -0.2) is 0 Å². The maximum atomic E-state index is 2.79. The average molecular weight is 538 g/mol. The molecular weight excluding hydrogens is 498 g/mol. The largest absolute Gasteiger partial charge is 0.147 e. The van der Waals surface area contributed by atoms with Crippen LogP contribution in [0.2, 0.25) is 8.26 Å². The van der Waals surface area contributed by atoms with E-state index >= 15 is 0 Å². The fourth-order valence-electron chi connectivity index (χ4n) is 5.99. The number of hydrogen-bond acceptors (Lipinski definition) is 0. The number of halogens is 2. The second kappa shape index (κ2) is 11.1. The molecule has 0 nitrogen and oxygen atoms in total. The van der Waals surface area contributed by atoms with Crippen molar-refractivity contribution in [3.8, 4) is 0 Å². The molecule has 2 atom stereocenters. The minimum atomic E-state index is -2.87. The van der Waals surface area contributed by atoms with Gasteiger partial charge in [0.1, 0.15) is 0 Å². The van der Waals surface area contributed by atoms with Crippen molar-refractivity contribution in [3.63, 3.8) is 0 Å². The molecule has 0 aliphatic heterocycles. The van der Waals surface area contributed by atoms with Gasteiger partial charge in [-0.1, -0.05) is 0 Å². The molecule has 169 valence electrons. The Morgan fingerprint density at radius 2 is 1.61 bits per heavy atom. The molecule has 31 heavy (non-hydrogen) atoms. The zero-order valence-corrected chi connectivity index (χ0v) is 23.9. The predicted octanol–water partition coefficient (Wildman–Crippen LogP) is 9.01. The molecule has 2 unspecified atom stereocenters. The van der Waals surface area contributed by atoms with Crippen molar-refractivity contribution in [1.29, 1.82) is 0 Å². The fraction of sp³-hybridized carbons (Fsp3) is 0.464. The van der Waals surface area contributed by atoms with E-state index in [0.29, 0.717) is 15.5 Å². The van der Waals surface area contributed by atoms with Crippen molar-refractivity contribution in [2.45, 2.75) is 68.1 Å². The van der Waals surface area contributed by atoms with Gasteiger partial charge in [0.25, 0.3) is 0 Å². The standard InChI is InChI=1S/C11H17.C9H11.C7H6.CH3.2ClH.Zr/c1-8(2)10-6-5-7-11(10)9(3)4;1-2-5-9-7-3-6-8(9)4-1;1-7-5-3-2-4-6-7;;;;/h6,8-9H,5H2,1-4H3;3,6-7H,1-2,4-5H2;1-6H;1H3;2*1H;. The number of allylic oxidation sites excluding steroid dienone is 8. The number of rotatable bonds is 5. The monoisotopic (exact) mass is 535 g/mol. The van der Waals surface area contributed by atoms with E-state index in [1.807, 2.05) is 8.85 Å². The second-order valence-electron chi connectivity index (χ2n) is 10.00. The molecule has 0 fully saturated rings. The summed E-state index contributed by atoms with van der Waals surface area (Å²) in [6.07, 6.45) is 14.3. The summed E-state index contributed by atoms with van der Waals surface area (Å²) in [4.78, 5) is 0. The predicted molar refractivity (Wildman–Crippen MR) is 140 cm³/mol. The third-order valence-electron chi connectivity index (χ3n) is 7.34. The fourth-order valence-corrected chi connectivity index (χ4v) is 17.6. The molecule has 1 aromatic carbocycles. The summed E-state index contributed by atoms with van der Waals surface area (Å²) in [7, 11) is 0. The molecule has 0 aromatic heterocycles. The van der Waals surface area contributed by atoms with Crippen molar-refractivity contribution >= 4 is 28.5 Å². The Hall–Kier alpha value is -0.487. The summed E-state index contributed by atoms with van der Waals surface area (Å²) in [6, 6.07) is 11.2. The van der Waals surface area contributed by atoms with Gasteiger partial charge in [-0.05, 0) is 0 Å². The number of benzene rings is 1. The van der Waals surface area contributed by atoms with E-state index in [-0.39, 0.29) is 24.8 Å². The van der Waals surface area contributed by atoms with Crippen LogP contribution < -0.4 is 0 Å². The van der Waals surface area contributed by atoms with Crippen molar-refractivity contribution < 1.29 is 19.8 Å². The average Bonchev–Trinajstić information content (AvgIpc) is 3.34. The normalized spacial score (nSPS) is 22.2. The third-order valence-corrected chi connectivity index (χ3v) is 18.5. The molecule has 0 heterocycles. The summed E-state index contributed by atoms with van der Waals surface area (Å²) in [5.74, 6) is 1.24. The molecule has 0 amide bonds. The van der Waals surface area contributed by atoms with E-state index in [2.05, 4.69) is 84.6 Å². The van der Waals surface area contributed by atoms with Crippen LogP contribution in [-0.2, 0) is 19.8 Å². The first-order valence-corrected chi connectivity index (χ1v) is 18.2. The van der Waals surface area contributed by atoms with Gasteiger partial charge in [0.15, 0.2) is 0 Å². The molecular formula is C28H39Cl2Zr. The van der Waals surface area contributed by atoms with Crippen molar-refractivity contribution in [2.75, 3.05) is 0 Å². The molecule has 3 aliphatic carbocycles. The van der Waals surface area contributed by atoms with Crippen LogP contribution in [0.4, 0.5) is 0 Å². The van der Waals surface area contributed by atoms with Gasteiger partial charge in [-0.2, -0.15) is 0 Å². The molecule has 0 saturated carbocycles. The molecule has 0 spiro atoms. The maximum Gasteiger partial charge on any atom is -0.147 e. The van der Waals surface area contributed by atoms with Crippen LogP contribution in [0.3, 0.4) is 0 Å². The SMILES string of the molecule is CC(C)C1=CC[C]([Zr]([CH3])(=[CH]c2ccccc2)[CH]2C=CC3=C2CCCC3)=C1C(C)C.Cl.Cl. The Labute approximate surface area is 206 Å². The smallest absolute Gasteiger partial charge is 0.147 e. The first kappa shape index (κ1) is 26.8. The van der Waals surface area contributed by atoms with Crippen molar-refractivity contribution in [2.24, 2.45) is 11.8 Å². The van der Waals surface area contributed by atoms with E-state index < -0.39 is 19.8 Å². The van der Waals surface area contributed by atoms with Crippen LogP contribution in [-0.4, -0.2) is 3.71 Å². The summed E-state index contributed by atoms with van der Waals surface area (Å²) in [6.45, 7) is 9.59. The minimum Gasteiger partial charge on any atom is -0.147 e. The first-order chi connectivity index (χ1) is 13.9. The van der Waals surface area contributed by atoms with Crippen LogP contribution in [0.1, 0.15) is 65.4 Å². The molecule has 3 aliphatic rings. The van der Waals surface area contributed by atoms with Gasteiger partial charge in [0, 0.05) is 0 Å². The summed E-state index contributed by atoms with van der Waals surface area (Å²) >= 11 is -2.87. The Balaban J connectivity index is 0.00000171. The molecule has 3 heteroatoms. The van der Waals surface area contributed by atoms with Gasteiger partial charge in [0.05, 0.1) is 0 Å². The first-order valence-electron chi connectivity index (χ1n) is 11.7. The van der Waals surface area contributed by atoms with E-state index in [4.69, 9.17) is 0 Å². The summed E-state index contributed by atoms with van der Waals surface area (Å²) in [5, 5.41) is 0. The summed E-state index contributed by atoms with van der Waals surface area (Å²) < 4.78 is 8.11. The van der Waals surface area contributed by atoms with Crippen LogP contribution in [0, 0.1) is 11.8 Å². The minimum absolute atomic E-state index is 0. The zero-order chi connectivity index (χ0) is 20.6. The van der Waals surface area contributed by atoms with Crippen molar-refractivity contribution in [3.05, 3.63) is 79.7 Å². The van der Waals surface area contributed by atoms with Gasteiger partial charge >= 0.3 is 183 Å². The van der Waals surface area contributed by atoms with Crippen LogP contribution in [0.15, 0.2) is 74.1 Å². The molecule has 0 radical (unpaired) electrons. The quantitative estimate of drug-likeness (QED) is 0.352.